The van der Waals surface area contributed by atoms with E-state index in [1.807, 2.05) is 12.1 Å². The summed E-state index contributed by atoms with van der Waals surface area (Å²) in [5.41, 5.74) is 4.66. The number of para-hydroxylation sites is 1. The van der Waals surface area contributed by atoms with Crippen LogP contribution in [0.15, 0.2) is 36.4 Å². The highest BCUT2D eigenvalue weighted by atomic mass is 16.5. The minimum Gasteiger partial charge on any atom is -0.494 e. The van der Waals surface area contributed by atoms with Crippen LogP contribution in [-0.4, -0.2) is 32.9 Å². The summed E-state index contributed by atoms with van der Waals surface area (Å²) in [6.07, 6.45) is 0.945. The number of aromatic nitrogens is 1. The van der Waals surface area contributed by atoms with Crippen molar-refractivity contribution in [2.75, 3.05) is 32.8 Å². The van der Waals surface area contributed by atoms with Crippen LogP contribution >= 0.6 is 0 Å². The first-order valence-electron chi connectivity index (χ1n) is 9.07. The van der Waals surface area contributed by atoms with Crippen LogP contribution in [0.3, 0.4) is 0 Å². The molecule has 4 rings (SSSR count). The van der Waals surface area contributed by atoms with Crippen LogP contribution in [0.2, 0.25) is 0 Å². The molecule has 2 aromatic carbocycles. The molecule has 0 saturated carbocycles. The van der Waals surface area contributed by atoms with E-state index in [0.717, 1.165) is 53.5 Å². The molecule has 0 bridgehead atoms. The van der Waals surface area contributed by atoms with Gasteiger partial charge in [0.2, 0.25) is 0 Å². The number of fused-ring (bicyclic) bond motifs is 2. The topological polar surface area (TPSA) is 43.8 Å². The van der Waals surface area contributed by atoms with Gasteiger partial charge in [-0.3, -0.25) is 0 Å². The number of nitrogens with zero attached hydrogens (tertiary/aromatic N) is 2. The Kier molecular flexibility index (Phi) is 4.52. The number of hydrogen-bond acceptors (Lipinski definition) is 5. The lowest BCUT2D eigenvalue weighted by molar-refractivity contribution is 0.353. The number of pyridine rings is 1. The predicted octanol–water partition coefficient (Wildman–Crippen LogP) is 4.13. The van der Waals surface area contributed by atoms with E-state index in [4.69, 9.17) is 19.2 Å². The third-order valence-corrected chi connectivity index (χ3v) is 5.26. The maximum Gasteiger partial charge on any atom is 0.161 e. The molecule has 3 aromatic rings. The monoisotopic (exact) mass is 364 g/mol. The summed E-state index contributed by atoms with van der Waals surface area (Å²) in [5, 5.41) is 1.13. The average molecular weight is 364 g/mol. The molecule has 0 unspecified atom stereocenters. The highest BCUT2D eigenvalue weighted by molar-refractivity contribution is 5.89. The van der Waals surface area contributed by atoms with E-state index in [0.29, 0.717) is 0 Å². The predicted molar refractivity (Wildman–Crippen MR) is 107 cm³/mol. The number of rotatable bonds is 4. The van der Waals surface area contributed by atoms with Crippen LogP contribution in [-0.2, 0) is 13.0 Å². The Bertz CT molecular complexity index is 1000. The summed E-state index contributed by atoms with van der Waals surface area (Å²) in [6.45, 7) is 3.83. The maximum atomic E-state index is 5.53. The van der Waals surface area contributed by atoms with Gasteiger partial charge in [0.05, 0.1) is 21.3 Å². The van der Waals surface area contributed by atoms with Gasteiger partial charge in [-0.25, -0.2) is 4.98 Å². The fourth-order valence-corrected chi connectivity index (χ4v) is 3.78. The van der Waals surface area contributed by atoms with E-state index in [1.165, 1.54) is 16.7 Å². The van der Waals surface area contributed by atoms with E-state index in [1.54, 1.807) is 21.3 Å². The molecule has 2 heterocycles. The number of hydrogen-bond donors (Lipinski definition) is 0. The van der Waals surface area contributed by atoms with Crippen molar-refractivity contribution in [1.82, 2.24) is 4.98 Å². The van der Waals surface area contributed by atoms with Gasteiger partial charge in [0.15, 0.2) is 11.5 Å². The molecule has 1 aliphatic heterocycles. The Morgan fingerprint density at radius 3 is 2.30 bits per heavy atom. The molecule has 1 aromatic heterocycles. The van der Waals surface area contributed by atoms with Crippen molar-refractivity contribution in [2.45, 2.75) is 19.9 Å². The summed E-state index contributed by atoms with van der Waals surface area (Å²) < 4.78 is 16.4. The van der Waals surface area contributed by atoms with E-state index in [-0.39, 0.29) is 0 Å². The van der Waals surface area contributed by atoms with Crippen molar-refractivity contribution >= 4 is 16.7 Å². The molecule has 0 amide bonds. The average Bonchev–Trinajstić information content (AvgIpc) is 2.71. The van der Waals surface area contributed by atoms with Gasteiger partial charge in [-0.2, -0.15) is 0 Å². The molecule has 0 fully saturated rings. The number of aryl methyl sites for hydroxylation is 1. The minimum absolute atomic E-state index is 0.766. The molecule has 140 valence electrons. The molecule has 0 radical (unpaired) electrons. The van der Waals surface area contributed by atoms with Crippen molar-refractivity contribution < 1.29 is 14.2 Å². The second-order valence-electron chi connectivity index (χ2n) is 6.80. The Balaban J connectivity index is 1.73. The van der Waals surface area contributed by atoms with Crippen LogP contribution in [0, 0.1) is 6.92 Å². The van der Waals surface area contributed by atoms with Gasteiger partial charge in [0, 0.05) is 18.5 Å². The second-order valence-corrected chi connectivity index (χ2v) is 6.80. The lowest BCUT2D eigenvalue weighted by atomic mass is 9.98. The Hall–Kier alpha value is -2.95. The van der Waals surface area contributed by atoms with E-state index in [9.17, 15) is 0 Å². The van der Waals surface area contributed by atoms with Crippen LogP contribution in [0.5, 0.6) is 17.2 Å². The van der Waals surface area contributed by atoms with Crippen molar-refractivity contribution in [3.63, 3.8) is 0 Å². The molecular weight excluding hydrogens is 340 g/mol. The molecule has 5 nitrogen and oxygen atoms in total. The number of ether oxygens (including phenoxy) is 3. The van der Waals surface area contributed by atoms with Gasteiger partial charge < -0.3 is 19.1 Å². The van der Waals surface area contributed by atoms with Gasteiger partial charge in [-0.05, 0) is 54.3 Å². The van der Waals surface area contributed by atoms with Crippen LogP contribution < -0.4 is 19.1 Å². The zero-order chi connectivity index (χ0) is 19.0. The van der Waals surface area contributed by atoms with Crippen LogP contribution in [0.25, 0.3) is 10.9 Å². The third kappa shape index (κ3) is 3.03. The summed E-state index contributed by atoms with van der Waals surface area (Å²) in [5.74, 6) is 3.34. The fourth-order valence-electron chi connectivity index (χ4n) is 3.78. The van der Waals surface area contributed by atoms with Crippen molar-refractivity contribution in [2.24, 2.45) is 0 Å². The standard InChI is InChI=1S/C22H24N2O3/c1-14-10-21(23-22-17(14)6-5-7-18(22)25-2)24-9-8-15-11-19(26-3)20(27-4)12-16(15)13-24/h5-7,10-12H,8-9,13H2,1-4H3. The fraction of sp³-hybridized carbons (Fsp3) is 0.318. The first kappa shape index (κ1) is 17.5. The normalized spacial score (nSPS) is 13.4. The highest BCUT2D eigenvalue weighted by Crippen LogP contribution is 2.35. The number of benzene rings is 2. The Morgan fingerprint density at radius 2 is 1.59 bits per heavy atom. The lowest BCUT2D eigenvalue weighted by Gasteiger charge is -2.31. The first-order valence-corrected chi connectivity index (χ1v) is 9.07. The van der Waals surface area contributed by atoms with Crippen molar-refractivity contribution in [3.8, 4) is 17.2 Å². The first-order chi connectivity index (χ1) is 13.1. The Labute approximate surface area is 159 Å². The largest absolute Gasteiger partial charge is 0.494 e. The van der Waals surface area contributed by atoms with Gasteiger partial charge in [-0.1, -0.05) is 12.1 Å². The van der Waals surface area contributed by atoms with Crippen LogP contribution in [0.1, 0.15) is 16.7 Å². The van der Waals surface area contributed by atoms with Gasteiger partial charge >= 0.3 is 0 Å². The van der Waals surface area contributed by atoms with Gasteiger partial charge in [0.1, 0.15) is 17.1 Å². The number of anilines is 1. The summed E-state index contributed by atoms with van der Waals surface area (Å²) in [7, 11) is 5.04. The molecule has 0 atom stereocenters. The van der Waals surface area contributed by atoms with Crippen molar-refractivity contribution in [1.29, 1.82) is 0 Å². The molecule has 0 aliphatic carbocycles. The van der Waals surface area contributed by atoms with Crippen LogP contribution in [0.4, 0.5) is 5.82 Å². The summed E-state index contributed by atoms with van der Waals surface area (Å²) >= 11 is 0. The summed E-state index contributed by atoms with van der Waals surface area (Å²) in [4.78, 5) is 7.24. The highest BCUT2D eigenvalue weighted by Gasteiger charge is 2.21. The quantitative estimate of drug-likeness (QED) is 0.696. The molecule has 0 spiro atoms. The minimum atomic E-state index is 0.766. The third-order valence-electron chi connectivity index (χ3n) is 5.26. The van der Waals surface area contributed by atoms with E-state index < -0.39 is 0 Å². The molecule has 5 heteroatoms. The SMILES string of the molecule is COc1cc2c(cc1OC)CN(c1cc(C)c3cccc(OC)c3n1)CC2. The molecule has 27 heavy (non-hydrogen) atoms. The zero-order valence-corrected chi connectivity index (χ0v) is 16.2. The second kappa shape index (κ2) is 6.99. The lowest BCUT2D eigenvalue weighted by Crippen LogP contribution is -2.31. The van der Waals surface area contributed by atoms with E-state index in [2.05, 4.69) is 36.1 Å². The van der Waals surface area contributed by atoms with Crippen molar-refractivity contribution in [3.05, 3.63) is 53.1 Å². The summed E-state index contributed by atoms with van der Waals surface area (Å²) in [6, 6.07) is 12.4. The molecule has 1 aliphatic rings. The van der Waals surface area contributed by atoms with Gasteiger partial charge in [-0.15, -0.1) is 0 Å². The van der Waals surface area contributed by atoms with Gasteiger partial charge in [0.25, 0.3) is 0 Å². The zero-order valence-electron chi connectivity index (χ0n) is 16.2. The maximum absolute atomic E-state index is 5.53. The smallest absolute Gasteiger partial charge is 0.161 e. The van der Waals surface area contributed by atoms with E-state index >= 15 is 0 Å². The molecule has 0 N–H and O–H groups in total. The Morgan fingerprint density at radius 1 is 0.889 bits per heavy atom. The number of methoxy groups -OCH3 is 3. The molecular formula is C22H24N2O3. The molecule has 0 saturated heterocycles.